The average Bonchev–Trinajstić information content (AvgIpc) is 3.38. The van der Waals surface area contributed by atoms with Crippen LogP contribution in [0.25, 0.3) is 0 Å². The van der Waals surface area contributed by atoms with Crippen molar-refractivity contribution in [1.29, 1.82) is 0 Å². The molecule has 7 heteroatoms. The number of anilines is 2. The second-order valence-corrected chi connectivity index (χ2v) is 5.89. The van der Waals surface area contributed by atoms with Gasteiger partial charge in [0.15, 0.2) is 17.3 Å². The fourth-order valence-electron chi connectivity index (χ4n) is 2.75. The van der Waals surface area contributed by atoms with Crippen molar-refractivity contribution in [1.82, 2.24) is 0 Å². The van der Waals surface area contributed by atoms with Gasteiger partial charge in [-0.15, -0.1) is 0 Å². The Balaban J connectivity index is 1.44. The molecule has 0 unspecified atom stereocenters. The fourth-order valence-corrected chi connectivity index (χ4v) is 2.75. The van der Waals surface area contributed by atoms with Gasteiger partial charge in [-0.05, 0) is 42.0 Å². The normalized spacial score (nSPS) is 11.9. The molecule has 0 atom stereocenters. The van der Waals surface area contributed by atoms with Crippen molar-refractivity contribution < 1.29 is 23.4 Å². The number of carbonyl (C=O) groups is 1. The summed E-state index contributed by atoms with van der Waals surface area (Å²) < 4.78 is 21.2. The Bertz CT molecular complexity index is 953. The number of carbonyl (C=O) groups excluding carboxylic acids is 1. The Kier molecular flexibility index (Phi) is 4.57. The maximum atomic E-state index is 12.1. The SMILES string of the molecule is COc1cc(NCc2ccc3c(c2)OCO3)ccc1NC(=O)c1ccco1. The van der Waals surface area contributed by atoms with Crippen molar-refractivity contribution in [3.63, 3.8) is 0 Å². The van der Waals surface area contributed by atoms with Crippen LogP contribution in [0.3, 0.4) is 0 Å². The van der Waals surface area contributed by atoms with E-state index in [1.165, 1.54) is 6.26 Å². The van der Waals surface area contributed by atoms with E-state index in [1.54, 1.807) is 25.3 Å². The molecule has 2 aromatic carbocycles. The number of ether oxygens (including phenoxy) is 3. The molecule has 1 aliphatic heterocycles. The largest absolute Gasteiger partial charge is 0.494 e. The third-order valence-electron chi connectivity index (χ3n) is 4.13. The first-order chi connectivity index (χ1) is 13.2. The van der Waals surface area contributed by atoms with E-state index < -0.39 is 0 Å². The van der Waals surface area contributed by atoms with Crippen molar-refractivity contribution in [3.8, 4) is 17.2 Å². The molecule has 7 nitrogen and oxygen atoms in total. The van der Waals surface area contributed by atoms with Crippen LogP contribution in [0.4, 0.5) is 11.4 Å². The van der Waals surface area contributed by atoms with Crippen LogP contribution in [0.1, 0.15) is 16.1 Å². The Labute approximate surface area is 155 Å². The third-order valence-corrected chi connectivity index (χ3v) is 4.13. The highest BCUT2D eigenvalue weighted by Gasteiger charge is 2.14. The number of furan rings is 1. The van der Waals surface area contributed by atoms with Crippen LogP contribution in [-0.4, -0.2) is 19.8 Å². The lowest BCUT2D eigenvalue weighted by Gasteiger charge is -2.13. The van der Waals surface area contributed by atoms with Crippen molar-refractivity contribution in [3.05, 3.63) is 66.1 Å². The third kappa shape index (κ3) is 3.67. The summed E-state index contributed by atoms with van der Waals surface area (Å²) in [7, 11) is 1.56. The Hall–Kier alpha value is -3.61. The number of rotatable bonds is 6. The predicted octanol–water partition coefficient (Wildman–Crippen LogP) is 3.88. The number of nitrogens with one attached hydrogen (secondary N) is 2. The van der Waals surface area contributed by atoms with Crippen LogP contribution in [0, 0.1) is 0 Å². The maximum absolute atomic E-state index is 12.1. The van der Waals surface area contributed by atoms with Gasteiger partial charge in [-0.2, -0.15) is 0 Å². The monoisotopic (exact) mass is 366 g/mol. The van der Waals surface area contributed by atoms with Crippen LogP contribution in [0.2, 0.25) is 0 Å². The molecule has 0 spiro atoms. The minimum absolute atomic E-state index is 0.238. The highest BCUT2D eigenvalue weighted by atomic mass is 16.7. The zero-order chi connectivity index (χ0) is 18.6. The molecular formula is C20H18N2O5. The van der Waals surface area contributed by atoms with Gasteiger partial charge in [-0.3, -0.25) is 4.79 Å². The molecular weight excluding hydrogens is 348 g/mol. The van der Waals surface area contributed by atoms with Gasteiger partial charge in [0.1, 0.15) is 5.75 Å². The van der Waals surface area contributed by atoms with E-state index in [9.17, 15) is 4.79 Å². The topological polar surface area (TPSA) is 82.0 Å². The van der Waals surface area contributed by atoms with Crippen molar-refractivity contribution in [2.45, 2.75) is 6.54 Å². The summed E-state index contributed by atoms with van der Waals surface area (Å²) in [5.41, 5.74) is 2.49. The van der Waals surface area contributed by atoms with E-state index in [-0.39, 0.29) is 18.5 Å². The fraction of sp³-hybridized carbons (Fsp3) is 0.150. The quantitative estimate of drug-likeness (QED) is 0.689. The first kappa shape index (κ1) is 16.8. The van der Waals surface area contributed by atoms with Gasteiger partial charge in [0.05, 0.1) is 19.1 Å². The van der Waals surface area contributed by atoms with E-state index in [0.717, 1.165) is 22.7 Å². The molecule has 1 amide bonds. The predicted molar refractivity (Wildman–Crippen MR) is 99.5 cm³/mol. The summed E-state index contributed by atoms with van der Waals surface area (Å²) in [5.74, 6) is 1.96. The molecule has 27 heavy (non-hydrogen) atoms. The van der Waals surface area contributed by atoms with E-state index in [2.05, 4.69) is 10.6 Å². The van der Waals surface area contributed by atoms with E-state index >= 15 is 0 Å². The molecule has 1 aliphatic rings. The second-order valence-electron chi connectivity index (χ2n) is 5.89. The lowest BCUT2D eigenvalue weighted by Crippen LogP contribution is -2.12. The second kappa shape index (κ2) is 7.33. The lowest BCUT2D eigenvalue weighted by atomic mass is 10.2. The van der Waals surface area contributed by atoms with Crippen molar-refractivity contribution in [2.75, 3.05) is 24.5 Å². The van der Waals surface area contributed by atoms with Gasteiger partial charge in [0.25, 0.3) is 5.91 Å². The molecule has 0 radical (unpaired) electrons. The average molecular weight is 366 g/mol. The lowest BCUT2D eigenvalue weighted by molar-refractivity contribution is 0.0996. The zero-order valence-corrected chi connectivity index (χ0v) is 14.7. The minimum atomic E-state index is -0.334. The van der Waals surface area contributed by atoms with E-state index in [1.807, 2.05) is 30.3 Å². The standard InChI is InChI=1S/C20H18N2O5/c1-24-18-10-14(5-6-15(18)22-20(23)17-3-2-8-25-17)21-11-13-4-7-16-19(9-13)27-12-26-16/h2-10,21H,11-12H2,1H3,(H,22,23). The van der Waals surface area contributed by atoms with Gasteiger partial charge in [-0.25, -0.2) is 0 Å². The highest BCUT2D eigenvalue weighted by molar-refractivity contribution is 6.03. The summed E-state index contributed by atoms with van der Waals surface area (Å²) in [4.78, 5) is 12.1. The molecule has 2 N–H and O–H groups in total. The van der Waals surface area contributed by atoms with Crippen LogP contribution in [0.15, 0.2) is 59.2 Å². The molecule has 138 valence electrons. The van der Waals surface area contributed by atoms with E-state index in [4.69, 9.17) is 18.6 Å². The summed E-state index contributed by atoms with van der Waals surface area (Å²) in [6.07, 6.45) is 1.45. The molecule has 0 fully saturated rings. The molecule has 2 heterocycles. The molecule has 1 aromatic heterocycles. The van der Waals surface area contributed by atoms with Gasteiger partial charge in [0, 0.05) is 18.3 Å². The number of fused-ring (bicyclic) bond motifs is 1. The van der Waals surface area contributed by atoms with Gasteiger partial charge >= 0.3 is 0 Å². The summed E-state index contributed by atoms with van der Waals surface area (Å²) in [5, 5.41) is 6.10. The smallest absolute Gasteiger partial charge is 0.291 e. The first-order valence-corrected chi connectivity index (χ1v) is 8.38. The Morgan fingerprint density at radius 1 is 1.11 bits per heavy atom. The van der Waals surface area contributed by atoms with Crippen LogP contribution in [0.5, 0.6) is 17.2 Å². The molecule has 0 saturated carbocycles. The van der Waals surface area contributed by atoms with Gasteiger partial charge in [-0.1, -0.05) is 6.07 Å². The number of hydrogen-bond donors (Lipinski definition) is 2. The number of hydrogen-bond acceptors (Lipinski definition) is 6. The maximum Gasteiger partial charge on any atom is 0.291 e. The first-order valence-electron chi connectivity index (χ1n) is 8.38. The summed E-state index contributed by atoms with van der Waals surface area (Å²) in [6.45, 7) is 0.868. The van der Waals surface area contributed by atoms with Crippen LogP contribution in [-0.2, 0) is 6.54 Å². The molecule has 0 aliphatic carbocycles. The van der Waals surface area contributed by atoms with Gasteiger partial charge < -0.3 is 29.3 Å². The van der Waals surface area contributed by atoms with Crippen molar-refractivity contribution in [2.24, 2.45) is 0 Å². The summed E-state index contributed by atoms with van der Waals surface area (Å²) in [6, 6.07) is 14.6. The zero-order valence-electron chi connectivity index (χ0n) is 14.7. The Morgan fingerprint density at radius 3 is 2.81 bits per heavy atom. The minimum Gasteiger partial charge on any atom is -0.494 e. The van der Waals surface area contributed by atoms with Crippen molar-refractivity contribution >= 4 is 17.3 Å². The molecule has 0 bridgehead atoms. The molecule has 4 rings (SSSR count). The van der Waals surface area contributed by atoms with Crippen LogP contribution < -0.4 is 24.8 Å². The Morgan fingerprint density at radius 2 is 2.00 bits per heavy atom. The highest BCUT2D eigenvalue weighted by Crippen LogP contribution is 2.33. The van der Waals surface area contributed by atoms with Gasteiger partial charge in [0.2, 0.25) is 6.79 Å². The van der Waals surface area contributed by atoms with Crippen LogP contribution >= 0.6 is 0 Å². The summed E-state index contributed by atoms with van der Waals surface area (Å²) >= 11 is 0. The van der Waals surface area contributed by atoms with E-state index in [0.29, 0.717) is 18.0 Å². The number of amides is 1. The molecule has 3 aromatic rings. The number of methoxy groups -OCH3 is 1. The number of benzene rings is 2. The molecule has 0 saturated heterocycles.